The molecule has 1 amide bonds. The standard InChI is InChI=1S/C16H14FN3OS/c1-20-14(6-7-18-20)12-9-16(22-10-12)19-15(21)8-11-4-2-3-5-13(11)17/h2-7,9-10H,8H2,1H3,(H,19,21). The zero-order valence-electron chi connectivity index (χ0n) is 11.9. The third-order valence-corrected chi connectivity index (χ3v) is 4.13. The fourth-order valence-electron chi connectivity index (χ4n) is 2.19. The van der Waals surface area contributed by atoms with Gasteiger partial charge in [-0.3, -0.25) is 9.48 Å². The molecule has 0 atom stereocenters. The third-order valence-electron chi connectivity index (χ3n) is 3.29. The van der Waals surface area contributed by atoms with Gasteiger partial charge in [0.05, 0.1) is 17.1 Å². The van der Waals surface area contributed by atoms with Crippen molar-refractivity contribution >= 4 is 22.2 Å². The van der Waals surface area contributed by atoms with E-state index in [4.69, 9.17) is 0 Å². The van der Waals surface area contributed by atoms with Crippen LogP contribution in [0.4, 0.5) is 9.39 Å². The molecule has 6 heteroatoms. The lowest BCUT2D eigenvalue weighted by atomic mass is 10.1. The Hall–Kier alpha value is -2.47. The minimum absolute atomic E-state index is 0.0195. The fourth-order valence-corrected chi connectivity index (χ4v) is 3.00. The average Bonchev–Trinajstić information content (AvgIpc) is 3.10. The van der Waals surface area contributed by atoms with Crippen LogP contribution in [0.15, 0.2) is 48.0 Å². The second-order valence-electron chi connectivity index (χ2n) is 4.86. The maximum absolute atomic E-state index is 13.5. The Bertz CT molecular complexity index is 809. The molecule has 2 aromatic heterocycles. The molecule has 0 aliphatic rings. The van der Waals surface area contributed by atoms with Crippen LogP contribution in [0, 0.1) is 5.82 Å². The number of aromatic nitrogens is 2. The summed E-state index contributed by atoms with van der Waals surface area (Å²) in [5.74, 6) is -0.595. The first-order valence-electron chi connectivity index (χ1n) is 6.73. The molecular formula is C16H14FN3OS. The van der Waals surface area contributed by atoms with Crippen LogP contribution < -0.4 is 5.32 Å². The first-order chi connectivity index (χ1) is 10.6. The van der Waals surface area contributed by atoms with Crippen molar-refractivity contribution in [2.45, 2.75) is 6.42 Å². The lowest BCUT2D eigenvalue weighted by Crippen LogP contribution is -2.14. The van der Waals surface area contributed by atoms with E-state index in [1.54, 1.807) is 29.1 Å². The van der Waals surface area contributed by atoms with E-state index < -0.39 is 0 Å². The van der Waals surface area contributed by atoms with Gasteiger partial charge in [0, 0.05) is 24.2 Å². The highest BCUT2D eigenvalue weighted by atomic mass is 32.1. The quantitative estimate of drug-likeness (QED) is 0.801. The summed E-state index contributed by atoms with van der Waals surface area (Å²) in [6.07, 6.45) is 1.75. The Labute approximate surface area is 131 Å². The van der Waals surface area contributed by atoms with E-state index in [1.165, 1.54) is 17.4 Å². The van der Waals surface area contributed by atoms with E-state index in [9.17, 15) is 9.18 Å². The summed E-state index contributed by atoms with van der Waals surface area (Å²) in [7, 11) is 1.86. The Morgan fingerprint density at radius 1 is 1.36 bits per heavy atom. The molecule has 3 rings (SSSR count). The SMILES string of the molecule is Cn1nccc1-c1csc(NC(=O)Cc2ccccc2F)c1. The number of nitrogens with one attached hydrogen (secondary N) is 1. The number of carbonyl (C=O) groups excluding carboxylic acids is 1. The van der Waals surface area contributed by atoms with Crippen molar-refractivity contribution in [1.29, 1.82) is 0 Å². The topological polar surface area (TPSA) is 46.9 Å². The highest BCUT2D eigenvalue weighted by Gasteiger charge is 2.11. The highest BCUT2D eigenvalue weighted by molar-refractivity contribution is 7.14. The normalized spacial score (nSPS) is 10.6. The smallest absolute Gasteiger partial charge is 0.229 e. The lowest BCUT2D eigenvalue weighted by molar-refractivity contribution is -0.115. The maximum Gasteiger partial charge on any atom is 0.229 e. The van der Waals surface area contributed by atoms with Gasteiger partial charge in [0.15, 0.2) is 0 Å². The molecule has 0 bridgehead atoms. The summed E-state index contributed by atoms with van der Waals surface area (Å²) >= 11 is 1.43. The lowest BCUT2D eigenvalue weighted by Gasteiger charge is -2.03. The molecule has 112 valence electrons. The van der Waals surface area contributed by atoms with Crippen molar-refractivity contribution in [3.63, 3.8) is 0 Å². The zero-order valence-corrected chi connectivity index (χ0v) is 12.7. The Balaban J connectivity index is 1.69. The molecule has 1 N–H and O–H groups in total. The summed E-state index contributed by atoms with van der Waals surface area (Å²) in [5, 5.41) is 9.61. The molecule has 0 aliphatic carbocycles. The van der Waals surface area contributed by atoms with Crippen molar-refractivity contribution in [1.82, 2.24) is 9.78 Å². The molecule has 0 saturated heterocycles. The molecule has 2 heterocycles. The van der Waals surface area contributed by atoms with Crippen LogP contribution in [0.1, 0.15) is 5.56 Å². The maximum atomic E-state index is 13.5. The zero-order chi connectivity index (χ0) is 15.5. The molecule has 0 saturated carbocycles. The van der Waals surface area contributed by atoms with Gasteiger partial charge in [-0.1, -0.05) is 18.2 Å². The summed E-state index contributed by atoms with van der Waals surface area (Å²) in [6.45, 7) is 0. The number of nitrogens with zero attached hydrogens (tertiary/aromatic N) is 2. The van der Waals surface area contributed by atoms with Crippen molar-refractivity contribution in [2.75, 3.05) is 5.32 Å². The van der Waals surface area contributed by atoms with Gasteiger partial charge in [-0.05, 0) is 23.8 Å². The molecule has 0 unspecified atom stereocenters. The summed E-state index contributed by atoms with van der Waals surface area (Å²) < 4.78 is 15.3. The first kappa shape index (κ1) is 14.5. The Morgan fingerprint density at radius 2 is 2.18 bits per heavy atom. The molecule has 0 fully saturated rings. The van der Waals surface area contributed by atoms with Crippen LogP contribution in [0.2, 0.25) is 0 Å². The van der Waals surface area contributed by atoms with Crippen LogP contribution in [-0.4, -0.2) is 15.7 Å². The number of thiophene rings is 1. The molecule has 0 spiro atoms. The van der Waals surface area contributed by atoms with Gasteiger partial charge < -0.3 is 5.32 Å². The summed E-state index contributed by atoms with van der Waals surface area (Å²) in [4.78, 5) is 12.0. The molecule has 1 aromatic carbocycles. The van der Waals surface area contributed by atoms with E-state index in [1.807, 2.05) is 24.6 Å². The van der Waals surface area contributed by atoms with E-state index >= 15 is 0 Å². The van der Waals surface area contributed by atoms with E-state index in [-0.39, 0.29) is 18.1 Å². The highest BCUT2D eigenvalue weighted by Crippen LogP contribution is 2.28. The molecule has 0 radical (unpaired) electrons. The number of amides is 1. The number of rotatable bonds is 4. The van der Waals surface area contributed by atoms with E-state index in [0.29, 0.717) is 5.56 Å². The average molecular weight is 315 g/mol. The number of aryl methyl sites for hydroxylation is 1. The second-order valence-corrected chi connectivity index (χ2v) is 5.77. The van der Waals surface area contributed by atoms with E-state index in [2.05, 4.69) is 10.4 Å². The molecular weight excluding hydrogens is 301 g/mol. The third kappa shape index (κ3) is 3.07. The predicted octanol–water partition coefficient (Wildman–Crippen LogP) is 3.47. The van der Waals surface area contributed by atoms with Crippen LogP contribution in [0.25, 0.3) is 11.3 Å². The molecule has 3 aromatic rings. The van der Waals surface area contributed by atoms with Crippen LogP contribution in [0.3, 0.4) is 0 Å². The van der Waals surface area contributed by atoms with Crippen LogP contribution in [0.5, 0.6) is 0 Å². The Kier molecular flexibility index (Phi) is 4.02. The van der Waals surface area contributed by atoms with Crippen molar-refractivity contribution in [2.24, 2.45) is 7.05 Å². The minimum Gasteiger partial charge on any atom is -0.317 e. The Morgan fingerprint density at radius 3 is 2.91 bits per heavy atom. The molecule has 4 nitrogen and oxygen atoms in total. The van der Waals surface area contributed by atoms with Gasteiger partial charge in [-0.15, -0.1) is 11.3 Å². The van der Waals surface area contributed by atoms with Crippen molar-refractivity contribution in [3.8, 4) is 11.3 Å². The first-order valence-corrected chi connectivity index (χ1v) is 7.61. The number of hydrogen-bond acceptors (Lipinski definition) is 3. The number of benzene rings is 1. The molecule has 0 aliphatic heterocycles. The van der Waals surface area contributed by atoms with Gasteiger partial charge in [0.2, 0.25) is 5.91 Å². The predicted molar refractivity (Wildman–Crippen MR) is 85.3 cm³/mol. The van der Waals surface area contributed by atoms with Gasteiger partial charge in [0.1, 0.15) is 5.82 Å². The number of halogens is 1. The largest absolute Gasteiger partial charge is 0.317 e. The second kappa shape index (κ2) is 6.11. The van der Waals surface area contributed by atoms with Gasteiger partial charge in [0.25, 0.3) is 0 Å². The van der Waals surface area contributed by atoms with Crippen molar-refractivity contribution in [3.05, 3.63) is 59.4 Å². The van der Waals surface area contributed by atoms with Gasteiger partial charge >= 0.3 is 0 Å². The van der Waals surface area contributed by atoms with E-state index in [0.717, 1.165) is 16.3 Å². The number of anilines is 1. The molecule has 22 heavy (non-hydrogen) atoms. The summed E-state index contributed by atoms with van der Waals surface area (Å²) in [5.41, 5.74) is 2.36. The van der Waals surface area contributed by atoms with Crippen LogP contribution in [-0.2, 0) is 18.3 Å². The number of hydrogen-bond donors (Lipinski definition) is 1. The van der Waals surface area contributed by atoms with Gasteiger partial charge in [-0.25, -0.2) is 4.39 Å². The number of carbonyl (C=O) groups is 1. The minimum atomic E-state index is -0.362. The van der Waals surface area contributed by atoms with Crippen LogP contribution >= 0.6 is 11.3 Å². The van der Waals surface area contributed by atoms with Crippen molar-refractivity contribution < 1.29 is 9.18 Å². The van der Waals surface area contributed by atoms with Gasteiger partial charge in [-0.2, -0.15) is 5.10 Å². The summed E-state index contributed by atoms with van der Waals surface area (Å²) in [6, 6.07) is 10.1. The fraction of sp³-hybridized carbons (Fsp3) is 0.125. The monoisotopic (exact) mass is 315 g/mol.